The third-order valence-electron chi connectivity index (χ3n) is 4.83. The number of hydrogen-bond acceptors (Lipinski definition) is 5. The van der Waals surface area contributed by atoms with Crippen LogP contribution in [0.1, 0.15) is 26.5 Å². The lowest BCUT2D eigenvalue weighted by atomic mass is 9.91. The van der Waals surface area contributed by atoms with E-state index in [9.17, 15) is 4.79 Å². The highest BCUT2D eigenvalue weighted by molar-refractivity contribution is 5.87. The predicted molar refractivity (Wildman–Crippen MR) is 110 cm³/mol. The Morgan fingerprint density at radius 1 is 1.07 bits per heavy atom. The molecule has 4 aromatic rings. The van der Waals surface area contributed by atoms with Gasteiger partial charge in [-0.2, -0.15) is 10.2 Å². The van der Waals surface area contributed by atoms with Crippen LogP contribution in [0.15, 0.2) is 35.1 Å². The second-order valence-electron chi connectivity index (χ2n) is 7.95. The number of nitrogens with one attached hydrogen (secondary N) is 1. The van der Waals surface area contributed by atoms with Gasteiger partial charge in [0.25, 0.3) is 5.56 Å². The molecule has 4 rings (SSSR count). The summed E-state index contributed by atoms with van der Waals surface area (Å²) in [6.07, 6.45) is 0. The van der Waals surface area contributed by atoms with Crippen LogP contribution in [-0.4, -0.2) is 29.5 Å². The van der Waals surface area contributed by atoms with E-state index >= 15 is 0 Å². The number of H-pyrrole nitrogens is 1. The molecule has 0 aliphatic rings. The number of fused-ring (bicyclic) bond motifs is 1. The molecule has 0 unspecified atom stereocenters. The molecule has 0 aliphatic heterocycles. The highest BCUT2D eigenvalue weighted by Crippen LogP contribution is 2.35. The Labute approximate surface area is 162 Å². The number of nitrogens with two attached hydrogens (primary N) is 1. The average molecular weight is 377 g/mol. The minimum atomic E-state index is -0.216. The number of aromatic amines is 1. The average Bonchev–Trinajstić information content (AvgIpc) is 3.15. The summed E-state index contributed by atoms with van der Waals surface area (Å²) < 4.78 is 3.42. The van der Waals surface area contributed by atoms with Gasteiger partial charge in [0.05, 0.1) is 16.5 Å². The summed E-state index contributed by atoms with van der Waals surface area (Å²) in [6, 6.07) is 9.21. The van der Waals surface area contributed by atoms with Gasteiger partial charge in [-0.3, -0.25) is 14.2 Å². The first-order chi connectivity index (χ1) is 13.2. The quantitative estimate of drug-likeness (QED) is 0.558. The smallest absolute Gasteiger partial charge is 0.259 e. The van der Waals surface area contributed by atoms with Gasteiger partial charge in [0.1, 0.15) is 23.0 Å². The molecule has 0 saturated heterocycles. The summed E-state index contributed by atoms with van der Waals surface area (Å²) in [4.78, 5) is 20.0. The highest BCUT2D eigenvalue weighted by atomic mass is 16.1. The Hall–Kier alpha value is -3.42. The topological polar surface area (TPSA) is 107 Å². The van der Waals surface area contributed by atoms with Crippen LogP contribution >= 0.6 is 0 Å². The van der Waals surface area contributed by atoms with Crippen LogP contribution in [0.25, 0.3) is 33.7 Å². The van der Waals surface area contributed by atoms with Gasteiger partial charge in [0, 0.05) is 25.2 Å². The third-order valence-corrected chi connectivity index (χ3v) is 4.83. The van der Waals surface area contributed by atoms with Crippen molar-refractivity contribution in [3.05, 3.63) is 46.4 Å². The van der Waals surface area contributed by atoms with Crippen molar-refractivity contribution < 1.29 is 0 Å². The van der Waals surface area contributed by atoms with Gasteiger partial charge in [0.15, 0.2) is 0 Å². The van der Waals surface area contributed by atoms with Crippen molar-refractivity contribution >= 4 is 16.7 Å². The van der Waals surface area contributed by atoms with Gasteiger partial charge in [-0.1, -0.05) is 32.9 Å². The lowest BCUT2D eigenvalue weighted by Crippen LogP contribution is -2.16. The number of nitrogens with zero attached hydrogens (tertiary/aromatic N) is 5. The number of hydrogen-bond donors (Lipinski definition) is 2. The number of aryl methyl sites for hydroxylation is 2. The third kappa shape index (κ3) is 2.77. The number of anilines is 1. The SMILES string of the molecule is Cn1nc(-c2nn(C)c(N)c2-c2nc3ccccc3c(=O)[nH]2)cc1C(C)(C)C. The second-order valence-corrected chi connectivity index (χ2v) is 7.95. The fraction of sp³-hybridized carbons (Fsp3) is 0.300. The van der Waals surface area contributed by atoms with E-state index in [1.807, 2.05) is 29.9 Å². The van der Waals surface area contributed by atoms with Crippen LogP contribution in [0, 0.1) is 0 Å². The molecule has 0 spiro atoms. The van der Waals surface area contributed by atoms with Crippen molar-refractivity contribution in [3.63, 3.8) is 0 Å². The van der Waals surface area contributed by atoms with E-state index in [0.29, 0.717) is 39.5 Å². The molecule has 0 bridgehead atoms. The van der Waals surface area contributed by atoms with Crippen molar-refractivity contribution in [1.82, 2.24) is 29.5 Å². The number of rotatable bonds is 2. The number of benzene rings is 1. The van der Waals surface area contributed by atoms with Gasteiger partial charge in [-0.15, -0.1) is 0 Å². The van der Waals surface area contributed by atoms with Crippen LogP contribution in [0.2, 0.25) is 0 Å². The van der Waals surface area contributed by atoms with Gasteiger partial charge in [0.2, 0.25) is 0 Å². The van der Waals surface area contributed by atoms with Crippen LogP contribution in [0.5, 0.6) is 0 Å². The second kappa shape index (κ2) is 6.05. The largest absolute Gasteiger partial charge is 0.383 e. The van der Waals surface area contributed by atoms with E-state index in [0.717, 1.165) is 5.69 Å². The molecule has 3 N–H and O–H groups in total. The first-order valence-corrected chi connectivity index (χ1v) is 9.03. The Kier molecular flexibility index (Phi) is 3.88. The lowest BCUT2D eigenvalue weighted by Gasteiger charge is -2.17. The van der Waals surface area contributed by atoms with Crippen molar-refractivity contribution in [2.24, 2.45) is 14.1 Å². The van der Waals surface area contributed by atoms with Crippen LogP contribution in [0.4, 0.5) is 5.82 Å². The van der Waals surface area contributed by atoms with Gasteiger partial charge >= 0.3 is 0 Å². The van der Waals surface area contributed by atoms with E-state index in [1.165, 1.54) is 0 Å². The van der Waals surface area contributed by atoms with Crippen LogP contribution < -0.4 is 11.3 Å². The van der Waals surface area contributed by atoms with Crippen LogP contribution in [0.3, 0.4) is 0 Å². The molecule has 144 valence electrons. The maximum atomic E-state index is 12.5. The molecule has 8 heteroatoms. The molecule has 0 atom stereocenters. The molecule has 0 aliphatic carbocycles. The minimum absolute atomic E-state index is 0.0734. The summed E-state index contributed by atoms with van der Waals surface area (Å²) in [5.74, 6) is 0.795. The molecule has 0 amide bonds. The van der Waals surface area contributed by atoms with E-state index in [4.69, 9.17) is 5.73 Å². The number of aromatic nitrogens is 6. The minimum Gasteiger partial charge on any atom is -0.383 e. The zero-order chi connectivity index (χ0) is 20.2. The summed E-state index contributed by atoms with van der Waals surface area (Å²) in [5, 5.41) is 9.73. The van der Waals surface area contributed by atoms with E-state index in [2.05, 4.69) is 40.9 Å². The first kappa shape index (κ1) is 18.0. The van der Waals surface area contributed by atoms with E-state index in [-0.39, 0.29) is 11.0 Å². The predicted octanol–water partition coefficient (Wildman–Crippen LogP) is 2.60. The van der Waals surface area contributed by atoms with Crippen LogP contribution in [-0.2, 0) is 19.5 Å². The summed E-state index contributed by atoms with van der Waals surface area (Å²) >= 11 is 0. The Bertz CT molecular complexity index is 1250. The number of para-hydroxylation sites is 1. The van der Waals surface area contributed by atoms with E-state index < -0.39 is 0 Å². The molecule has 8 nitrogen and oxygen atoms in total. The van der Waals surface area contributed by atoms with Crippen molar-refractivity contribution in [1.29, 1.82) is 0 Å². The maximum absolute atomic E-state index is 12.5. The molecular weight excluding hydrogens is 354 g/mol. The fourth-order valence-electron chi connectivity index (χ4n) is 3.44. The molecular formula is C20H23N7O. The fourth-order valence-corrected chi connectivity index (χ4v) is 3.44. The van der Waals surface area contributed by atoms with Crippen molar-refractivity contribution in [2.45, 2.75) is 26.2 Å². The monoisotopic (exact) mass is 377 g/mol. The molecule has 1 aromatic carbocycles. The Morgan fingerprint density at radius 3 is 2.46 bits per heavy atom. The zero-order valence-corrected chi connectivity index (χ0v) is 16.6. The molecule has 28 heavy (non-hydrogen) atoms. The zero-order valence-electron chi connectivity index (χ0n) is 16.6. The van der Waals surface area contributed by atoms with Gasteiger partial charge in [-0.05, 0) is 18.2 Å². The van der Waals surface area contributed by atoms with Crippen molar-refractivity contribution in [3.8, 4) is 22.8 Å². The first-order valence-electron chi connectivity index (χ1n) is 9.03. The normalized spacial score (nSPS) is 12.0. The highest BCUT2D eigenvalue weighted by Gasteiger charge is 2.25. The summed E-state index contributed by atoms with van der Waals surface area (Å²) in [6.45, 7) is 6.39. The van der Waals surface area contributed by atoms with Crippen molar-refractivity contribution in [2.75, 3.05) is 5.73 Å². The lowest BCUT2D eigenvalue weighted by molar-refractivity contribution is 0.523. The summed E-state index contributed by atoms with van der Waals surface area (Å²) in [7, 11) is 3.67. The van der Waals surface area contributed by atoms with Gasteiger partial charge in [-0.25, -0.2) is 4.98 Å². The van der Waals surface area contributed by atoms with Gasteiger partial charge < -0.3 is 10.7 Å². The molecule has 0 radical (unpaired) electrons. The Balaban J connectivity index is 1.97. The molecule has 0 fully saturated rings. The standard InChI is InChI=1S/C20H23N7O/c1-20(2,3)14-10-13(24-26(14)4)16-15(17(21)27(5)25-16)18-22-12-9-7-6-8-11(12)19(28)23-18/h6-10H,21H2,1-5H3,(H,22,23,28). The molecule has 3 heterocycles. The summed E-state index contributed by atoms with van der Waals surface area (Å²) in [5.41, 5.74) is 9.53. The molecule has 0 saturated carbocycles. The number of nitrogen functional groups attached to an aromatic ring is 1. The maximum Gasteiger partial charge on any atom is 0.259 e. The molecule has 3 aromatic heterocycles. The van der Waals surface area contributed by atoms with E-state index in [1.54, 1.807) is 23.9 Å². The Morgan fingerprint density at radius 2 is 1.79 bits per heavy atom.